The van der Waals surface area contributed by atoms with Crippen molar-refractivity contribution in [3.05, 3.63) is 59.7 Å². The molecule has 0 unspecified atom stereocenters. The summed E-state index contributed by atoms with van der Waals surface area (Å²) < 4.78 is 28.8. The Kier molecular flexibility index (Phi) is 6.00. The molecule has 2 aliphatic heterocycles. The van der Waals surface area contributed by atoms with Crippen LogP contribution in [0.15, 0.2) is 57.8 Å². The number of nitrogens with zero attached hydrogens (tertiary/aromatic N) is 2. The van der Waals surface area contributed by atoms with Gasteiger partial charge >= 0.3 is 0 Å². The standard InChI is InChI=1S/C24H28N4O4S/c1-4-24(2,3)26-22(29)16-11-13-17(14-12-16)25-23(30)19-9-7-15-28(19)21-18-8-5-6-10-20(18)33(31,32)27-21/h5-6,8,10-14,19H,4,7,9,15H2,1-3H3,(H,25,30)(H,26,29)/t19-/m0/s1. The Bertz CT molecular complexity index is 1220. The van der Waals surface area contributed by atoms with Crippen molar-refractivity contribution in [2.24, 2.45) is 4.40 Å². The number of rotatable bonds is 5. The van der Waals surface area contributed by atoms with Crippen LogP contribution < -0.4 is 10.6 Å². The van der Waals surface area contributed by atoms with Gasteiger partial charge in [-0.2, -0.15) is 8.42 Å². The summed E-state index contributed by atoms with van der Waals surface area (Å²) in [7, 11) is -3.75. The fraction of sp³-hybridized carbons (Fsp3) is 0.375. The molecule has 2 heterocycles. The molecule has 0 spiro atoms. The van der Waals surface area contributed by atoms with Crippen molar-refractivity contribution in [2.75, 3.05) is 11.9 Å². The lowest BCUT2D eigenvalue weighted by molar-refractivity contribution is -0.119. The largest absolute Gasteiger partial charge is 0.347 e. The van der Waals surface area contributed by atoms with Gasteiger partial charge in [0.25, 0.3) is 15.9 Å². The van der Waals surface area contributed by atoms with E-state index in [-0.39, 0.29) is 22.2 Å². The summed E-state index contributed by atoms with van der Waals surface area (Å²) in [6.45, 7) is 6.49. The first-order chi connectivity index (χ1) is 15.6. The monoisotopic (exact) mass is 468 g/mol. The average Bonchev–Trinajstić information content (AvgIpc) is 3.37. The van der Waals surface area contributed by atoms with E-state index in [2.05, 4.69) is 15.0 Å². The highest BCUT2D eigenvalue weighted by Crippen LogP contribution is 2.31. The van der Waals surface area contributed by atoms with Crippen molar-refractivity contribution in [3.8, 4) is 0 Å². The number of likely N-dealkylation sites (tertiary alicyclic amines) is 1. The zero-order valence-corrected chi connectivity index (χ0v) is 19.8. The minimum absolute atomic E-state index is 0.166. The maximum atomic E-state index is 13.1. The number of anilines is 1. The molecule has 2 aromatic carbocycles. The van der Waals surface area contributed by atoms with Gasteiger partial charge in [0.2, 0.25) is 5.91 Å². The summed E-state index contributed by atoms with van der Waals surface area (Å²) in [6.07, 6.45) is 2.16. The Morgan fingerprint density at radius 2 is 1.82 bits per heavy atom. The number of carbonyl (C=O) groups excluding carboxylic acids is 2. The minimum Gasteiger partial charge on any atom is -0.347 e. The van der Waals surface area contributed by atoms with Crippen molar-refractivity contribution in [2.45, 2.75) is 56.5 Å². The lowest BCUT2D eigenvalue weighted by Crippen LogP contribution is -2.43. The van der Waals surface area contributed by atoms with Crippen LogP contribution in [-0.4, -0.2) is 49.1 Å². The highest BCUT2D eigenvalue weighted by Gasteiger charge is 2.39. The second-order valence-corrected chi connectivity index (χ2v) is 10.6. The van der Waals surface area contributed by atoms with Crippen LogP contribution in [0.5, 0.6) is 0 Å². The molecule has 0 aliphatic carbocycles. The van der Waals surface area contributed by atoms with Gasteiger partial charge in [0.15, 0.2) is 5.84 Å². The first-order valence-corrected chi connectivity index (χ1v) is 12.5. The number of nitrogens with one attached hydrogen (secondary N) is 2. The van der Waals surface area contributed by atoms with Crippen LogP contribution >= 0.6 is 0 Å². The number of fused-ring (bicyclic) bond motifs is 1. The number of benzene rings is 2. The molecule has 1 atom stereocenters. The normalized spacial score (nSPS) is 19.1. The predicted molar refractivity (Wildman–Crippen MR) is 127 cm³/mol. The van der Waals surface area contributed by atoms with E-state index in [1.807, 2.05) is 20.8 Å². The third-order valence-corrected chi connectivity index (χ3v) is 7.52. The SMILES string of the molecule is CCC(C)(C)NC(=O)c1ccc(NC(=O)[C@@H]2CCCN2C2=NS(=O)(=O)c3ccccc32)cc1. The smallest absolute Gasteiger partial charge is 0.285 e. The van der Waals surface area contributed by atoms with Gasteiger partial charge < -0.3 is 15.5 Å². The zero-order chi connectivity index (χ0) is 23.8. The number of sulfonamides is 1. The third-order valence-electron chi connectivity index (χ3n) is 6.19. The second-order valence-electron chi connectivity index (χ2n) is 9.00. The highest BCUT2D eigenvalue weighted by molar-refractivity contribution is 7.90. The first-order valence-electron chi connectivity index (χ1n) is 11.1. The number of amides is 2. The molecule has 0 bridgehead atoms. The van der Waals surface area contributed by atoms with E-state index in [1.54, 1.807) is 47.4 Å². The number of hydrogen-bond donors (Lipinski definition) is 2. The summed E-state index contributed by atoms with van der Waals surface area (Å²) in [5.74, 6) is -0.0732. The molecule has 2 amide bonds. The molecule has 1 saturated heterocycles. The molecule has 1 fully saturated rings. The van der Waals surface area contributed by atoms with Gasteiger partial charge in [-0.05, 0) is 69.5 Å². The van der Waals surface area contributed by atoms with Gasteiger partial charge in [0.1, 0.15) is 10.9 Å². The van der Waals surface area contributed by atoms with E-state index < -0.39 is 16.1 Å². The van der Waals surface area contributed by atoms with Gasteiger partial charge in [-0.1, -0.05) is 19.1 Å². The van der Waals surface area contributed by atoms with Gasteiger partial charge in [0, 0.05) is 28.9 Å². The molecule has 9 heteroatoms. The van der Waals surface area contributed by atoms with Crippen molar-refractivity contribution < 1.29 is 18.0 Å². The van der Waals surface area contributed by atoms with Crippen LogP contribution in [0.2, 0.25) is 0 Å². The van der Waals surface area contributed by atoms with E-state index in [4.69, 9.17) is 0 Å². The Morgan fingerprint density at radius 3 is 2.52 bits per heavy atom. The molecular weight excluding hydrogens is 440 g/mol. The zero-order valence-electron chi connectivity index (χ0n) is 19.0. The molecule has 33 heavy (non-hydrogen) atoms. The van der Waals surface area contributed by atoms with Crippen molar-refractivity contribution in [1.82, 2.24) is 10.2 Å². The molecule has 0 saturated carbocycles. The number of amidine groups is 1. The molecule has 8 nitrogen and oxygen atoms in total. The lowest BCUT2D eigenvalue weighted by atomic mass is 10.0. The number of hydrogen-bond acceptors (Lipinski definition) is 5. The summed E-state index contributed by atoms with van der Waals surface area (Å²) >= 11 is 0. The Hall–Kier alpha value is -3.20. The topological polar surface area (TPSA) is 108 Å². The first kappa shape index (κ1) is 23.0. The predicted octanol–water partition coefficient (Wildman–Crippen LogP) is 3.16. The molecule has 174 valence electrons. The maximum absolute atomic E-state index is 13.1. The van der Waals surface area contributed by atoms with Gasteiger partial charge in [0.05, 0.1) is 0 Å². The summed E-state index contributed by atoms with van der Waals surface area (Å²) in [5, 5.41) is 5.87. The van der Waals surface area contributed by atoms with Gasteiger partial charge in [-0.25, -0.2) is 0 Å². The maximum Gasteiger partial charge on any atom is 0.285 e. The quantitative estimate of drug-likeness (QED) is 0.701. The average molecular weight is 469 g/mol. The van der Waals surface area contributed by atoms with Gasteiger partial charge in [-0.15, -0.1) is 4.40 Å². The molecule has 2 aromatic rings. The van der Waals surface area contributed by atoms with E-state index in [0.717, 1.165) is 12.8 Å². The van der Waals surface area contributed by atoms with E-state index in [0.29, 0.717) is 35.6 Å². The Balaban J connectivity index is 1.47. The fourth-order valence-electron chi connectivity index (χ4n) is 3.99. The second kappa shape index (κ2) is 8.62. The highest BCUT2D eigenvalue weighted by atomic mass is 32.2. The Morgan fingerprint density at radius 1 is 1.12 bits per heavy atom. The molecule has 2 N–H and O–H groups in total. The van der Waals surface area contributed by atoms with Crippen molar-refractivity contribution in [3.63, 3.8) is 0 Å². The van der Waals surface area contributed by atoms with Crippen LogP contribution in [-0.2, 0) is 14.8 Å². The van der Waals surface area contributed by atoms with Crippen molar-refractivity contribution in [1.29, 1.82) is 0 Å². The van der Waals surface area contributed by atoms with E-state index in [1.165, 1.54) is 6.07 Å². The van der Waals surface area contributed by atoms with Crippen LogP contribution in [0.1, 0.15) is 56.0 Å². The molecular formula is C24H28N4O4S. The molecule has 2 aliphatic rings. The molecule has 4 rings (SSSR count). The third kappa shape index (κ3) is 4.64. The lowest BCUT2D eigenvalue weighted by Gasteiger charge is -2.26. The Labute approximate surface area is 194 Å². The van der Waals surface area contributed by atoms with E-state index in [9.17, 15) is 18.0 Å². The minimum atomic E-state index is -3.75. The number of carbonyl (C=O) groups is 2. The van der Waals surface area contributed by atoms with Crippen molar-refractivity contribution >= 4 is 33.4 Å². The summed E-state index contributed by atoms with van der Waals surface area (Å²) in [5.41, 5.74) is 1.31. The van der Waals surface area contributed by atoms with Crippen LogP contribution in [0.25, 0.3) is 0 Å². The van der Waals surface area contributed by atoms with Crippen LogP contribution in [0.3, 0.4) is 0 Å². The summed E-state index contributed by atoms with van der Waals surface area (Å²) in [6, 6.07) is 12.9. The van der Waals surface area contributed by atoms with Crippen LogP contribution in [0.4, 0.5) is 5.69 Å². The molecule has 0 aromatic heterocycles. The van der Waals surface area contributed by atoms with Crippen LogP contribution in [0, 0.1) is 0 Å². The van der Waals surface area contributed by atoms with E-state index >= 15 is 0 Å². The molecule has 0 radical (unpaired) electrons. The van der Waals surface area contributed by atoms with Gasteiger partial charge in [-0.3, -0.25) is 9.59 Å². The summed E-state index contributed by atoms with van der Waals surface area (Å²) in [4.78, 5) is 27.4. The fourth-order valence-corrected chi connectivity index (χ4v) is 5.20.